The highest BCUT2D eigenvalue weighted by molar-refractivity contribution is 5.87. The van der Waals surface area contributed by atoms with Crippen molar-refractivity contribution in [2.45, 2.75) is 18.4 Å². The molecule has 1 aliphatic carbocycles. The van der Waals surface area contributed by atoms with Crippen LogP contribution >= 0.6 is 0 Å². The summed E-state index contributed by atoms with van der Waals surface area (Å²) in [6.07, 6.45) is 1.29. The van der Waals surface area contributed by atoms with E-state index in [9.17, 15) is 4.79 Å². The second-order valence-corrected chi connectivity index (χ2v) is 3.82. The highest BCUT2D eigenvalue weighted by Gasteiger charge is 2.41. The minimum absolute atomic E-state index is 0.477. The van der Waals surface area contributed by atoms with Crippen LogP contribution in [0.2, 0.25) is 0 Å². The van der Waals surface area contributed by atoms with Gasteiger partial charge < -0.3 is 16.2 Å². The van der Waals surface area contributed by atoms with E-state index in [2.05, 4.69) is 0 Å². The number of amides is 1. The summed E-state index contributed by atoms with van der Waals surface area (Å²) in [7, 11) is 1.61. The van der Waals surface area contributed by atoms with E-state index >= 15 is 0 Å². The monoisotopic (exact) mass is 206 g/mol. The molecule has 1 aliphatic rings. The molecule has 4 N–H and O–H groups in total. The molecular weight excluding hydrogens is 192 g/mol. The topological polar surface area (TPSA) is 78.3 Å². The first-order valence-corrected chi connectivity index (χ1v) is 4.84. The molecule has 4 nitrogen and oxygen atoms in total. The van der Waals surface area contributed by atoms with E-state index in [0.29, 0.717) is 6.42 Å². The SMILES string of the molecule is COc1cccc2c1CCC2(N)C(N)=O. The Bertz CT molecular complexity index is 417. The summed E-state index contributed by atoms with van der Waals surface area (Å²) < 4.78 is 5.22. The molecule has 0 saturated carbocycles. The third-order valence-corrected chi connectivity index (χ3v) is 3.04. The Morgan fingerprint density at radius 1 is 1.53 bits per heavy atom. The van der Waals surface area contributed by atoms with Crippen LogP contribution in [0, 0.1) is 0 Å². The Kier molecular flexibility index (Phi) is 2.16. The highest BCUT2D eigenvalue weighted by Crippen LogP contribution is 2.39. The molecule has 1 unspecified atom stereocenters. The van der Waals surface area contributed by atoms with Crippen molar-refractivity contribution in [1.29, 1.82) is 0 Å². The Labute approximate surface area is 88.2 Å². The molecule has 1 amide bonds. The molecule has 4 heteroatoms. The average Bonchev–Trinajstić information content (AvgIpc) is 2.58. The summed E-state index contributed by atoms with van der Waals surface area (Å²) in [4.78, 5) is 11.3. The number of rotatable bonds is 2. The van der Waals surface area contributed by atoms with Gasteiger partial charge in [0.25, 0.3) is 0 Å². The lowest BCUT2D eigenvalue weighted by Crippen LogP contribution is -2.47. The third-order valence-electron chi connectivity index (χ3n) is 3.04. The Balaban J connectivity index is 2.57. The number of carbonyl (C=O) groups excluding carboxylic acids is 1. The van der Waals surface area contributed by atoms with Crippen molar-refractivity contribution in [2.75, 3.05) is 7.11 Å². The minimum Gasteiger partial charge on any atom is -0.496 e. The van der Waals surface area contributed by atoms with Gasteiger partial charge in [-0.1, -0.05) is 12.1 Å². The zero-order chi connectivity index (χ0) is 11.1. The lowest BCUT2D eigenvalue weighted by molar-refractivity contribution is -0.123. The number of benzene rings is 1. The van der Waals surface area contributed by atoms with Crippen LogP contribution in [-0.4, -0.2) is 13.0 Å². The summed E-state index contributed by atoms with van der Waals surface area (Å²) in [6, 6.07) is 5.54. The predicted molar refractivity (Wildman–Crippen MR) is 56.4 cm³/mol. The zero-order valence-corrected chi connectivity index (χ0v) is 8.62. The van der Waals surface area contributed by atoms with Gasteiger partial charge in [-0.2, -0.15) is 0 Å². The molecule has 1 aromatic carbocycles. The van der Waals surface area contributed by atoms with Gasteiger partial charge in [0.1, 0.15) is 11.3 Å². The van der Waals surface area contributed by atoms with Gasteiger partial charge in [0.2, 0.25) is 5.91 Å². The van der Waals surface area contributed by atoms with Crippen molar-refractivity contribution < 1.29 is 9.53 Å². The van der Waals surface area contributed by atoms with E-state index in [1.165, 1.54) is 0 Å². The molecule has 0 aliphatic heterocycles. The lowest BCUT2D eigenvalue weighted by Gasteiger charge is -2.21. The maximum absolute atomic E-state index is 11.3. The molecule has 1 atom stereocenters. The molecule has 0 aromatic heterocycles. The van der Waals surface area contributed by atoms with E-state index in [-0.39, 0.29) is 0 Å². The van der Waals surface area contributed by atoms with Gasteiger partial charge >= 0.3 is 0 Å². The highest BCUT2D eigenvalue weighted by atomic mass is 16.5. The predicted octanol–water partition coefficient (Wildman–Crippen LogP) is 0.281. The van der Waals surface area contributed by atoms with E-state index in [0.717, 1.165) is 23.3 Å². The smallest absolute Gasteiger partial charge is 0.242 e. The second kappa shape index (κ2) is 3.24. The molecule has 0 radical (unpaired) electrons. The number of primary amides is 1. The first-order chi connectivity index (χ1) is 7.09. The van der Waals surface area contributed by atoms with Crippen LogP contribution in [0.1, 0.15) is 17.5 Å². The Morgan fingerprint density at radius 3 is 2.87 bits per heavy atom. The van der Waals surface area contributed by atoms with Crippen molar-refractivity contribution in [3.8, 4) is 5.75 Å². The van der Waals surface area contributed by atoms with E-state index in [1.54, 1.807) is 7.11 Å². The van der Waals surface area contributed by atoms with Crippen LogP contribution < -0.4 is 16.2 Å². The van der Waals surface area contributed by atoms with Gasteiger partial charge in [-0.25, -0.2) is 0 Å². The molecule has 2 rings (SSSR count). The zero-order valence-electron chi connectivity index (χ0n) is 8.62. The van der Waals surface area contributed by atoms with Crippen molar-refractivity contribution in [3.63, 3.8) is 0 Å². The minimum atomic E-state index is -1.02. The van der Waals surface area contributed by atoms with Gasteiger partial charge in [0.15, 0.2) is 0 Å². The van der Waals surface area contributed by atoms with E-state index in [4.69, 9.17) is 16.2 Å². The summed E-state index contributed by atoms with van der Waals surface area (Å²) in [6.45, 7) is 0. The molecule has 80 valence electrons. The van der Waals surface area contributed by atoms with Crippen molar-refractivity contribution in [3.05, 3.63) is 29.3 Å². The maximum atomic E-state index is 11.3. The largest absolute Gasteiger partial charge is 0.496 e. The number of fused-ring (bicyclic) bond motifs is 1. The van der Waals surface area contributed by atoms with Crippen molar-refractivity contribution >= 4 is 5.91 Å². The van der Waals surface area contributed by atoms with E-state index in [1.807, 2.05) is 18.2 Å². The number of hydrogen-bond donors (Lipinski definition) is 2. The number of nitrogens with two attached hydrogens (primary N) is 2. The van der Waals surface area contributed by atoms with Gasteiger partial charge in [-0.3, -0.25) is 4.79 Å². The van der Waals surface area contributed by atoms with Gasteiger partial charge in [0, 0.05) is 0 Å². The quantitative estimate of drug-likeness (QED) is 0.729. The summed E-state index contributed by atoms with van der Waals surface area (Å²) >= 11 is 0. The molecule has 0 heterocycles. The number of carbonyl (C=O) groups is 1. The van der Waals surface area contributed by atoms with Crippen LogP contribution in [0.5, 0.6) is 5.75 Å². The lowest BCUT2D eigenvalue weighted by atomic mass is 9.92. The summed E-state index contributed by atoms with van der Waals surface area (Å²) in [5.41, 5.74) is 12.1. The Hall–Kier alpha value is -1.55. The first-order valence-electron chi connectivity index (χ1n) is 4.84. The van der Waals surface area contributed by atoms with Crippen LogP contribution in [0.4, 0.5) is 0 Å². The van der Waals surface area contributed by atoms with Gasteiger partial charge in [-0.05, 0) is 30.0 Å². The van der Waals surface area contributed by atoms with E-state index < -0.39 is 11.4 Å². The molecular formula is C11H14N2O2. The van der Waals surface area contributed by atoms with Crippen LogP contribution in [0.15, 0.2) is 18.2 Å². The van der Waals surface area contributed by atoms with Crippen LogP contribution in [0.25, 0.3) is 0 Å². The fourth-order valence-electron chi connectivity index (χ4n) is 2.15. The van der Waals surface area contributed by atoms with Gasteiger partial charge in [-0.15, -0.1) is 0 Å². The van der Waals surface area contributed by atoms with Gasteiger partial charge in [0.05, 0.1) is 7.11 Å². The fourth-order valence-corrected chi connectivity index (χ4v) is 2.15. The van der Waals surface area contributed by atoms with Crippen LogP contribution in [-0.2, 0) is 16.8 Å². The normalized spacial score (nSPS) is 23.6. The number of methoxy groups -OCH3 is 1. The molecule has 0 saturated heterocycles. The Morgan fingerprint density at radius 2 is 2.27 bits per heavy atom. The third kappa shape index (κ3) is 1.29. The van der Waals surface area contributed by atoms with Crippen molar-refractivity contribution in [2.24, 2.45) is 11.5 Å². The number of ether oxygens (including phenoxy) is 1. The summed E-state index contributed by atoms with van der Waals surface area (Å²) in [5.74, 6) is 0.301. The molecule has 15 heavy (non-hydrogen) atoms. The maximum Gasteiger partial charge on any atom is 0.242 e. The fraction of sp³-hybridized carbons (Fsp3) is 0.364. The second-order valence-electron chi connectivity index (χ2n) is 3.82. The standard InChI is InChI=1S/C11H14N2O2/c1-15-9-4-2-3-8-7(9)5-6-11(8,13)10(12)14/h2-4H,5-6,13H2,1H3,(H2,12,14). The number of hydrogen-bond acceptors (Lipinski definition) is 3. The molecule has 0 fully saturated rings. The summed E-state index contributed by atoms with van der Waals surface area (Å²) in [5, 5.41) is 0. The molecule has 1 aromatic rings. The van der Waals surface area contributed by atoms with Crippen LogP contribution in [0.3, 0.4) is 0 Å². The average molecular weight is 206 g/mol. The first kappa shape index (κ1) is 9.98. The molecule has 0 spiro atoms. The van der Waals surface area contributed by atoms with Crippen molar-refractivity contribution in [1.82, 2.24) is 0 Å². The molecule has 0 bridgehead atoms.